The number of rotatable bonds is 1. The van der Waals surface area contributed by atoms with Crippen LogP contribution in [0.5, 0.6) is 11.5 Å². The number of fused-ring (bicyclic) bond motifs is 2. The molecule has 0 radical (unpaired) electrons. The van der Waals surface area contributed by atoms with Crippen LogP contribution in [0.25, 0.3) is 10.8 Å². The number of benzene rings is 3. The minimum absolute atomic E-state index is 0.0549. The molecule has 3 aromatic rings. The van der Waals surface area contributed by atoms with Crippen molar-refractivity contribution < 1.29 is 19.8 Å². The van der Waals surface area contributed by atoms with Crippen molar-refractivity contribution in [2.24, 2.45) is 0 Å². The molecule has 0 spiro atoms. The second-order valence-electron chi connectivity index (χ2n) is 5.39. The van der Waals surface area contributed by atoms with Crippen LogP contribution < -0.4 is 4.90 Å². The van der Waals surface area contributed by atoms with Crippen LogP contribution in [0.1, 0.15) is 20.7 Å². The number of hydrogen-bond donors (Lipinski definition) is 2. The molecule has 5 nitrogen and oxygen atoms in total. The highest BCUT2D eigenvalue weighted by Crippen LogP contribution is 2.32. The van der Waals surface area contributed by atoms with Gasteiger partial charge in [0.2, 0.25) is 0 Å². The van der Waals surface area contributed by atoms with Crippen molar-refractivity contribution in [2.75, 3.05) is 4.90 Å². The molecule has 0 atom stereocenters. The molecule has 0 unspecified atom stereocenters. The Morgan fingerprint density at radius 1 is 0.652 bits per heavy atom. The van der Waals surface area contributed by atoms with E-state index in [2.05, 4.69) is 0 Å². The summed E-state index contributed by atoms with van der Waals surface area (Å²) in [7, 11) is 0. The molecule has 1 aliphatic rings. The molecule has 0 bridgehead atoms. The molecule has 0 saturated heterocycles. The van der Waals surface area contributed by atoms with Crippen molar-refractivity contribution >= 4 is 28.3 Å². The maximum absolute atomic E-state index is 12.5. The lowest BCUT2D eigenvalue weighted by Gasteiger charge is -2.14. The molecule has 112 valence electrons. The number of carbonyl (C=O) groups is 2. The van der Waals surface area contributed by atoms with Gasteiger partial charge in [-0.05, 0) is 53.2 Å². The summed E-state index contributed by atoms with van der Waals surface area (Å²) in [4.78, 5) is 26.1. The molecule has 0 aromatic heterocycles. The average Bonchev–Trinajstić information content (AvgIpc) is 2.78. The lowest BCUT2D eigenvalue weighted by molar-refractivity contribution is 0.0926. The van der Waals surface area contributed by atoms with E-state index in [4.69, 9.17) is 0 Å². The smallest absolute Gasteiger partial charge is 0.266 e. The van der Waals surface area contributed by atoms with E-state index in [0.29, 0.717) is 5.69 Å². The summed E-state index contributed by atoms with van der Waals surface area (Å²) in [6.45, 7) is 0. The van der Waals surface area contributed by atoms with Gasteiger partial charge >= 0.3 is 0 Å². The number of phenolic OH excluding ortho intramolecular Hbond substituents is 2. The zero-order valence-electron chi connectivity index (χ0n) is 11.9. The van der Waals surface area contributed by atoms with Crippen LogP contribution in [0.3, 0.4) is 0 Å². The molecule has 1 aliphatic heterocycles. The second kappa shape index (κ2) is 4.58. The third-order valence-electron chi connectivity index (χ3n) is 3.94. The monoisotopic (exact) mass is 305 g/mol. The molecule has 1 heterocycles. The van der Waals surface area contributed by atoms with Crippen LogP contribution in [0, 0.1) is 0 Å². The van der Waals surface area contributed by atoms with Crippen LogP contribution in [-0.4, -0.2) is 22.0 Å². The van der Waals surface area contributed by atoms with E-state index in [0.717, 1.165) is 15.7 Å². The minimum atomic E-state index is -0.459. The van der Waals surface area contributed by atoms with Gasteiger partial charge in [0.15, 0.2) is 0 Å². The Balaban J connectivity index is 1.84. The van der Waals surface area contributed by atoms with E-state index < -0.39 is 11.8 Å². The highest BCUT2D eigenvalue weighted by atomic mass is 16.3. The summed E-state index contributed by atoms with van der Waals surface area (Å²) >= 11 is 0. The van der Waals surface area contributed by atoms with Gasteiger partial charge in [0.1, 0.15) is 11.5 Å². The second-order valence-corrected chi connectivity index (χ2v) is 5.39. The van der Waals surface area contributed by atoms with Crippen LogP contribution in [0.2, 0.25) is 0 Å². The summed E-state index contributed by atoms with van der Waals surface area (Å²) in [5.74, 6) is -0.774. The highest BCUT2D eigenvalue weighted by molar-refractivity contribution is 6.34. The summed E-state index contributed by atoms with van der Waals surface area (Å²) in [6, 6.07) is 14.1. The van der Waals surface area contributed by atoms with Crippen molar-refractivity contribution in [1.29, 1.82) is 0 Å². The standard InChI is InChI=1S/C18H11NO4/c20-13-4-2-10-7-12(3-1-11(10)8-13)19-17(22)15-6-5-14(21)9-16(15)18(19)23/h1-9,20-21H. The van der Waals surface area contributed by atoms with Crippen molar-refractivity contribution in [2.45, 2.75) is 0 Å². The highest BCUT2D eigenvalue weighted by Gasteiger charge is 2.36. The summed E-state index contributed by atoms with van der Waals surface area (Å²) in [5.41, 5.74) is 0.924. The largest absolute Gasteiger partial charge is 0.508 e. The Morgan fingerprint density at radius 2 is 1.26 bits per heavy atom. The number of hydrogen-bond acceptors (Lipinski definition) is 4. The van der Waals surface area contributed by atoms with Gasteiger partial charge in [0.05, 0.1) is 16.8 Å². The molecule has 0 saturated carbocycles. The van der Waals surface area contributed by atoms with Crippen molar-refractivity contribution in [1.82, 2.24) is 0 Å². The quantitative estimate of drug-likeness (QED) is 0.677. The molecular formula is C18H11NO4. The van der Waals surface area contributed by atoms with Crippen LogP contribution in [0.4, 0.5) is 5.69 Å². The number of amides is 2. The number of anilines is 1. The molecule has 0 aliphatic carbocycles. The van der Waals surface area contributed by atoms with Crippen LogP contribution in [0.15, 0.2) is 54.6 Å². The van der Waals surface area contributed by atoms with Crippen molar-refractivity contribution in [3.63, 3.8) is 0 Å². The van der Waals surface area contributed by atoms with Gasteiger partial charge in [-0.15, -0.1) is 0 Å². The van der Waals surface area contributed by atoms with E-state index in [1.807, 2.05) is 0 Å². The fraction of sp³-hybridized carbons (Fsp3) is 0. The van der Waals surface area contributed by atoms with Crippen LogP contribution >= 0.6 is 0 Å². The summed E-state index contributed by atoms with van der Waals surface area (Å²) in [5, 5.41) is 20.6. The lowest BCUT2D eigenvalue weighted by atomic mass is 10.1. The van der Waals surface area contributed by atoms with Gasteiger partial charge < -0.3 is 10.2 Å². The van der Waals surface area contributed by atoms with Gasteiger partial charge in [-0.1, -0.05) is 12.1 Å². The van der Waals surface area contributed by atoms with E-state index in [-0.39, 0.29) is 22.6 Å². The van der Waals surface area contributed by atoms with Gasteiger partial charge in [-0.3, -0.25) is 9.59 Å². The topological polar surface area (TPSA) is 77.8 Å². The first kappa shape index (κ1) is 13.3. The maximum atomic E-state index is 12.5. The maximum Gasteiger partial charge on any atom is 0.266 e. The predicted molar refractivity (Wildman–Crippen MR) is 84.9 cm³/mol. The van der Waals surface area contributed by atoms with Gasteiger partial charge in [-0.25, -0.2) is 4.90 Å². The molecule has 3 aromatic carbocycles. The van der Waals surface area contributed by atoms with Gasteiger partial charge in [0, 0.05) is 0 Å². The Hall–Kier alpha value is -3.34. The van der Waals surface area contributed by atoms with Gasteiger partial charge in [0.25, 0.3) is 11.8 Å². The summed E-state index contributed by atoms with van der Waals surface area (Å²) in [6.07, 6.45) is 0. The molecule has 23 heavy (non-hydrogen) atoms. The molecule has 0 fully saturated rings. The molecular weight excluding hydrogens is 294 g/mol. The third kappa shape index (κ3) is 1.94. The zero-order valence-corrected chi connectivity index (χ0v) is 11.9. The third-order valence-corrected chi connectivity index (χ3v) is 3.94. The fourth-order valence-corrected chi connectivity index (χ4v) is 2.82. The first-order valence-corrected chi connectivity index (χ1v) is 6.99. The van der Waals surface area contributed by atoms with E-state index in [1.165, 1.54) is 18.2 Å². The van der Waals surface area contributed by atoms with E-state index >= 15 is 0 Å². The first-order valence-electron chi connectivity index (χ1n) is 6.99. The molecule has 2 N–H and O–H groups in total. The van der Waals surface area contributed by atoms with Crippen LogP contribution in [-0.2, 0) is 0 Å². The molecule has 4 rings (SSSR count). The lowest BCUT2D eigenvalue weighted by Crippen LogP contribution is -2.29. The summed E-state index contributed by atoms with van der Waals surface area (Å²) < 4.78 is 0. The molecule has 5 heteroatoms. The number of imide groups is 1. The SMILES string of the molecule is O=C1c2ccc(O)cc2C(=O)N1c1ccc2cc(O)ccc2c1. The normalized spacial score (nSPS) is 13.7. The first-order chi connectivity index (χ1) is 11.0. The number of nitrogens with zero attached hydrogens (tertiary/aromatic N) is 1. The van der Waals surface area contributed by atoms with Crippen molar-refractivity contribution in [3.05, 3.63) is 65.7 Å². The number of carbonyl (C=O) groups excluding carboxylic acids is 2. The van der Waals surface area contributed by atoms with Gasteiger partial charge in [-0.2, -0.15) is 0 Å². The van der Waals surface area contributed by atoms with Crippen molar-refractivity contribution in [3.8, 4) is 11.5 Å². The Bertz CT molecular complexity index is 993. The van der Waals surface area contributed by atoms with E-state index in [9.17, 15) is 19.8 Å². The Kier molecular flexibility index (Phi) is 2.65. The number of phenols is 2. The minimum Gasteiger partial charge on any atom is -0.508 e. The fourth-order valence-electron chi connectivity index (χ4n) is 2.82. The average molecular weight is 305 g/mol. The van der Waals surface area contributed by atoms with E-state index in [1.54, 1.807) is 36.4 Å². The zero-order chi connectivity index (χ0) is 16.1. The predicted octanol–water partition coefficient (Wildman–Crippen LogP) is 3.05. The number of aromatic hydroxyl groups is 2. The molecule has 2 amide bonds. The Morgan fingerprint density at radius 3 is 2.09 bits per heavy atom. The Labute approximate surface area is 131 Å².